The number of pyridine rings is 1. The van der Waals surface area contributed by atoms with Crippen molar-refractivity contribution in [3.63, 3.8) is 0 Å². The van der Waals surface area contributed by atoms with Crippen molar-refractivity contribution in [2.45, 2.75) is 13.0 Å². The summed E-state index contributed by atoms with van der Waals surface area (Å²) in [6.45, 7) is 3.58. The Balaban J connectivity index is 1.66. The van der Waals surface area contributed by atoms with Crippen LogP contribution >= 0.6 is 0 Å². The SMILES string of the molecule is CN=C(NCc1cccc2cccnc12)N1CCC(COC)C1. The predicted molar refractivity (Wildman–Crippen MR) is 93.5 cm³/mol. The zero-order valence-electron chi connectivity index (χ0n) is 13.8. The van der Waals surface area contributed by atoms with Crippen LogP contribution in [-0.2, 0) is 11.3 Å². The summed E-state index contributed by atoms with van der Waals surface area (Å²) in [5.74, 6) is 1.55. The van der Waals surface area contributed by atoms with Crippen molar-refractivity contribution < 1.29 is 4.74 Å². The van der Waals surface area contributed by atoms with E-state index < -0.39 is 0 Å². The number of para-hydroxylation sites is 1. The first-order valence-corrected chi connectivity index (χ1v) is 8.09. The highest BCUT2D eigenvalue weighted by Gasteiger charge is 2.24. The van der Waals surface area contributed by atoms with Crippen molar-refractivity contribution in [1.82, 2.24) is 15.2 Å². The molecule has 1 N–H and O–H groups in total. The van der Waals surface area contributed by atoms with E-state index >= 15 is 0 Å². The van der Waals surface area contributed by atoms with Gasteiger partial charge in [-0.2, -0.15) is 0 Å². The molecule has 1 aromatic heterocycles. The van der Waals surface area contributed by atoms with Crippen molar-refractivity contribution in [3.8, 4) is 0 Å². The number of hydrogen-bond donors (Lipinski definition) is 1. The van der Waals surface area contributed by atoms with Crippen LogP contribution in [0.3, 0.4) is 0 Å². The van der Waals surface area contributed by atoms with Gasteiger partial charge in [-0.05, 0) is 18.1 Å². The number of hydrogen-bond acceptors (Lipinski definition) is 3. The third-order valence-corrected chi connectivity index (χ3v) is 4.35. The minimum atomic E-state index is 0.595. The third kappa shape index (κ3) is 3.62. The normalized spacial score (nSPS) is 18.6. The highest BCUT2D eigenvalue weighted by atomic mass is 16.5. The molecule has 0 spiro atoms. The van der Waals surface area contributed by atoms with Crippen molar-refractivity contribution in [2.24, 2.45) is 10.9 Å². The summed E-state index contributed by atoms with van der Waals surface area (Å²) in [6.07, 6.45) is 3.00. The van der Waals surface area contributed by atoms with E-state index in [1.165, 1.54) is 10.9 Å². The second kappa shape index (κ2) is 7.42. The lowest BCUT2D eigenvalue weighted by Crippen LogP contribution is -2.39. The van der Waals surface area contributed by atoms with Gasteiger partial charge in [0.1, 0.15) is 0 Å². The molecule has 1 aromatic carbocycles. The highest BCUT2D eigenvalue weighted by molar-refractivity contribution is 5.83. The largest absolute Gasteiger partial charge is 0.384 e. The Kier molecular flexibility index (Phi) is 5.08. The highest BCUT2D eigenvalue weighted by Crippen LogP contribution is 2.18. The minimum absolute atomic E-state index is 0.595. The number of guanidine groups is 1. The molecule has 0 saturated carbocycles. The van der Waals surface area contributed by atoms with E-state index in [0.717, 1.165) is 44.1 Å². The number of benzene rings is 1. The number of likely N-dealkylation sites (tertiary alicyclic amines) is 1. The fourth-order valence-corrected chi connectivity index (χ4v) is 3.21. The number of fused-ring (bicyclic) bond motifs is 1. The molecular formula is C18H24N4O. The van der Waals surface area contributed by atoms with Crippen LogP contribution in [-0.4, -0.2) is 49.7 Å². The molecule has 2 heterocycles. The first-order chi connectivity index (χ1) is 11.3. The van der Waals surface area contributed by atoms with Gasteiger partial charge in [0, 0.05) is 51.3 Å². The maximum absolute atomic E-state index is 5.27. The first-order valence-electron chi connectivity index (χ1n) is 8.09. The summed E-state index contributed by atoms with van der Waals surface area (Å²) < 4.78 is 5.27. The standard InChI is InChI=1S/C18H24N4O/c1-19-18(22-10-8-14(12-22)13-23-2)21-11-16-6-3-5-15-7-4-9-20-17(15)16/h3-7,9,14H,8,10-13H2,1-2H3,(H,19,21). The second-order valence-electron chi connectivity index (χ2n) is 5.95. The molecule has 1 unspecified atom stereocenters. The predicted octanol–water partition coefficient (Wildman–Crippen LogP) is 2.28. The maximum Gasteiger partial charge on any atom is 0.193 e. The van der Waals surface area contributed by atoms with Gasteiger partial charge >= 0.3 is 0 Å². The van der Waals surface area contributed by atoms with Crippen molar-refractivity contribution in [2.75, 3.05) is 33.9 Å². The molecule has 0 bridgehead atoms. The topological polar surface area (TPSA) is 49.8 Å². The monoisotopic (exact) mass is 312 g/mol. The summed E-state index contributed by atoms with van der Waals surface area (Å²) in [5.41, 5.74) is 2.24. The van der Waals surface area contributed by atoms with Crippen LogP contribution in [0.4, 0.5) is 0 Å². The van der Waals surface area contributed by atoms with Crippen LogP contribution in [0.5, 0.6) is 0 Å². The summed E-state index contributed by atoms with van der Waals surface area (Å²) in [5, 5.41) is 4.65. The van der Waals surface area contributed by atoms with Gasteiger partial charge in [0.2, 0.25) is 0 Å². The number of nitrogens with zero attached hydrogens (tertiary/aromatic N) is 3. The lowest BCUT2D eigenvalue weighted by molar-refractivity contribution is 0.157. The fraction of sp³-hybridized carbons (Fsp3) is 0.444. The van der Waals surface area contributed by atoms with E-state index in [1.54, 1.807) is 7.11 Å². The number of rotatable bonds is 4. The summed E-state index contributed by atoms with van der Waals surface area (Å²) in [7, 11) is 3.61. The molecule has 122 valence electrons. The van der Waals surface area contributed by atoms with Crippen LogP contribution in [0.25, 0.3) is 10.9 Å². The Hall–Kier alpha value is -2.14. The molecule has 3 rings (SSSR count). The fourth-order valence-electron chi connectivity index (χ4n) is 3.21. The molecule has 1 aliphatic rings. The van der Waals surface area contributed by atoms with Gasteiger partial charge < -0.3 is 15.0 Å². The molecule has 1 aliphatic heterocycles. The van der Waals surface area contributed by atoms with Gasteiger partial charge in [0.15, 0.2) is 5.96 Å². The lowest BCUT2D eigenvalue weighted by Gasteiger charge is -2.22. The van der Waals surface area contributed by atoms with Gasteiger partial charge in [0.25, 0.3) is 0 Å². The van der Waals surface area contributed by atoms with Crippen molar-refractivity contribution >= 4 is 16.9 Å². The van der Waals surface area contributed by atoms with E-state index in [9.17, 15) is 0 Å². The average Bonchev–Trinajstić information content (AvgIpc) is 3.04. The smallest absolute Gasteiger partial charge is 0.193 e. The lowest BCUT2D eigenvalue weighted by atomic mass is 10.1. The summed E-state index contributed by atoms with van der Waals surface area (Å²) >= 11 is 0. The molecule has 5 nitrogen and oxygen atoms in total. The van der Waals surface area contributed by atoms with Crippen molar-refractivity contribution in [3.05, 3.63) is 42.1 Å². The van der Waals surface area contributed by atoms with E-state index in [2.05, 4.69) is 44.5 Å². The van der Waals surface area contributed by atoms with Crippen molar-refractivity contribution in [1.29, 1.82) is 0 Å². The molecule has 1 fully saturated rings. The van der Waals surface area contributed by atoms with Crippen LogP contribution < -0.4 is 5.32 Å². The summed E-state index contributed by atoms with van der Waals surface area (Å²) in [6, 6.07) is 10.4. The van der Waals surface area contributed by atoms with E-state index in [-0.39, 0.29) is 0 Å². The average molecular weight is 312 g/mol. The Bertz CT molecular complexity index is 680. The Morgan fingerprint density at radius 1 is 1.39 bits per heavy atom. The zero-order chi connectivity index (χ0) is 16.1. The molecular weight excluding hydrogens is 288 g/mol. The van der Waals surface area contributed by atoms with Gasteiger partial charge in [-0.15, -0.1) is 0 Å². The molecule has 1 saturated heterocycles. The van der Waals surface area contributed by atoms with Crippen LogP contribution in [0.2, 0.25) is 0 Å². The number of ether oxygens (including phenoxy) is 1. The number of aromatic nitrogens is 1. The Morgan fingerprint density at radius 3 is 3.09 bits per heavy atom. The molecule has 5 heteroatoms. The molecule has 0 amide bonds. The maximum atomic E-state index is 5.27. The first kappa shape index (κ1) is 15.7. The number of nitrogens with one attached hydrogen (secondary N) is 1. The Morgan fingerprint density at radius 2 is 2.26 bits per heavy atom. The van der Waals surface area contributed by atoms with E-state index in [4.69, 9.17) is 4.74 Å². The van der Waals surface area contributed by atoms with Gasteiger partial charge in [-0.1, -0.05) is 24.3 Å². The minimum Gasteiger partial charge on any atom is -0.384 e. The van der Waals surface area contributed by atoms with Crippen LogP contribution in [0, 0.1) is 5.92 Å². The molecule has 0 aliphatic carbocycles. The van der Waals surface area contributed by atoms with Crippen LogP contribution in [0.15, 0.2) is 41.5 Å². The quantitative estimate of drug-likeness (QED) is 0.695. The summed E-state index contributed by atoms with van der Waals surface area (Å²) in [4.78, 5) is 11.2. The molecule has 2 aromatic rings. The van der Waals surface area contributed by atoms with E-state index in [0.29, 0.717) is 5.92 Å². The van der Waals surface area contributed by atoms with Gasteiger partial charge in [0.05, 0.1) is 12.1 Å². The van der Waals surface area contributed by atoms with E-state index in [1.807, 2.05) is 19.3 Å². The zero-order valence-corrected chi connectivity index (χ0v) is 13.8. The number of methoxy groups -OCH3 is 1. The molecule has 0 radical (unpaired) electrons. The number of aliphatic imine (C=N–C) groups is 1. The molecule has 23 heavy (non-hydrogen) atoms. The second-order valence-corrected chi connectivity index (χ2v) is 5.95. The van der Waals surface area contributed by atoms with Crippen LogP contribution in [0.1, 0.15) is 12.0 Å². The molecule has 1 atom stereocenters. The van der Waals surface area contributed by atoms with Gasteiger partial charge in [-0.3, -0.25) is 9.98 Å². The third-order valence-electron chi connectivity index (χ3n) is 4.35. The Labute approximate surface area is 137 Å². The van der Waals surface area contributed by atoms with Gasteiger partial charge in [-0.25, -0.2) is 0 Å².